The van der Waals surface area contributed by atoms with Gasteiger partial charge in [0.25, 0.3) is 0 Å². The maximum atomic E-state index is 13.5. The molecule has 5 unspecified atom stereocenters. The third kappa shape index (κ3) is 10.4. The van der Waals surface area contributed by atoms with Crippen molar-refractivity contribution >= 4 is 46.5 Å². The molecule has 230 valence electrons. The molecule has 2 aromatic rings. The number of nitrogens with one attached hydrogen (secondary N) is 4. The summed E-state index contributed by atoms with van der Waals surface area (Å²) in [6.07, 6.45) is -0.139. The minimum Gasteiger partial charge on any atom is -0.481 e. The van der Waals surface area contributed by atoms with Gasteiger partial charge in [-0.25, -0.2) is 4.79 Å². The molecule has 2 rings (SSSR count). The van der Waals surface area contributed by atoms with Crippen molar-refractivity contribution < 1.29 is 39.3 Å². The van der Waals surface area contributed by atoms with Gasteiger partial charge in [-0.05, 0) is 37.8 Å². The number of aliphatic hydroxyl groups is 1. The first-order valence-corrected chi connectivity index (χ1v) is 13.2. The fourth-order valence-corrected chi connectivity index (χ4v) is 4.11. The van der Waals surface area contributed by atoms with Crippen molar-refractivity contribution in [3.8, 4) is 0 Å². The number of carboxylic acids is 2. The third-order valence-corrected chi connectivity index (χ3v) is 6.36. The number of aliphatic carboxylic acids is 2. The van der Waals surface area contributed by atoms with Crippen LogP contribution in [0.15, 0.2) is 35.5 Å². The van der Waals surface area contributed by atoms with Gasteiger partial charge >= 0.3 is 11.9 Å². The van der Waals surface area contributed by atoms with Gasteiger partial charge in [-0.2, -0.15) is 0 Å². The van der Waals surface area contributed by atoms with Crippen LogP contribution in [0.5, 0.6) is 0 Å². The lowest BCUT2D eigenvalue weighted by atomic mass is 10.0. The molecule has 3 amide bonds. The number of guanidine groups is 1. The highest BCUT2D eigenvalue weighted by molar-refractivity contribution is 5.95. The molecule has 0 saturated carbocycles. The van der Waals surface area contributed by atoms with Crippen molar-refractivity contribution in [2.45, 2.75) is 69.3 Å². The fourth-order valence-electron chi connectivity index (χ4n) is 4.11. The Balaban J connectivity index is 2.32. The second-order valence-electron chi connectivity index (χ2n) is 9.74. The SMILES string of the molecule is CC(O)C(NC(=O)C(Cc1c[nH]c2ccccc12)NC(=O)C(CCCN=C(N)N)NC(=O)C(N)CCC(=O)O)C(=O)O. The molecule has 0 aliphatic carbocycles. The maximum absolute atomic E-state index is 13.5. The van der Waals surface area contributed by atoms with E-state index < -0.39 is 59.9 Å². The Morgan fingerprint density at radius 3 is 2.21 bits per heavy atom. The van der Waals surface area contributed by atoms with Crippen LogP contribution in [0.3, 0.4) is 0 Å². The van der Waals surface area contributed by atoms with Crippen LogP contribution in [0, 0.1) is 0 Å². The summed E-state index contributed by atoms with van der Waals surface area (Å²) >= 11 is 0. The number of H-pyrrole nitrogens is 1. The number of benzene rings is 1. The zero-order chi connectivity index (χ0) is 31.4. The smallest absolute Gasteiger partial charge is 0.328 e. The van der Waals surface area contributed by atoms with Gasteiger partial charge in [-0.1, -0.05) is 18.2 Å². The summed E-state index contributed by atoms with van der Waals surface area (Å²) in [4.78, 5) is 68.8. The topological polar surface area (TPSA) is 288 Å². The minimum atomic E-state index is -1.65. The van der Waals surface area contributed by atoms with Crippen LogP contribution < -0.4 is 33.2 Å². The van der Waals surface area contributed by atoms with Gasteiger partial charge in [0.05, 0.1) is 12.1 Å². The van der Waals surface area contributed by atoms with Crippen LogP contribution in [-0.4, -0.2) is 92.7 Å². The van der Waals surface area contributed by atoms with Gasteiger partial charge in [-0.3, -0.25) is 24.2 Å². The number of carbonyl (C=O) groups excluding carboxylic acids is 3. The van der Waals surface area contributed by atoms with Gasteiger partial charge < -0.3 is 53.5 Å². The van der Waals surface area contributed by atoms with Crippen LogP contribution in [0.2, 0.25) is 0 Å². The largest absolute Gasteiger partial charge is 0.481 e. The molecule has 1 aromatic heterocycles. The van der Waals surface area contributed by atoms with Crippen LogP contribution in [0.25, 0.3) is 10.9 Å². The lowest BCUT2D eigenvalue weighted by Crippen LogP contribution is -2.58. The van der Waals surface area contributed by atoms with Crippen molar-refractivity contribution in [1.82, 2.24) is 20.9 Å². The molecule has 0 radical (unpaired) electrons. The van der Waals surface area contributed by atoms with Crippen molar-refractivity contribution in [1.29, 1.82) is 0 Å². The maximum Gasteiger partial charge on any atom is 0.328 e. The van der Waals surface area contributed by atoms with Crippen molar-refractivity contribution in [2.75, 3.05) is 6.54 Å². The van der Waals surface area contributed by atoms with Crippen molar-refractivity contribution in [3.63, 3.8) is 0 Å². The number of aliphatic hydroxyl groups excluding tert-OH is 1. The van der Waals surface area contributed by atoms with E-state index in [-0.39, 0.29) is 44.6 Å². The standard InChI is InChI=1S/C26H38N8O8/c1-13(35)21(25(41)42)34-24(40)19(11-14-12-31-17-6-3-2-5-15(14)17)33-23(39)18(7-4-10-30-26(28)29)32-22(38)16(27)8-9-20(36)37/h2-3,5-6,12-13,16,18-19,21,31,35H,4,7-11,27H2,1H3,(H,32,38)(H,33,39)(H,34,40)(H,36,37)(H,41,42)(H4,28,29,30). The Kier molecular flexibility index (Phi) is 12.7. The van der Waals surface area contributed by atoms with Crippen LogP contribution >= 0.6 is 0 Å². The van der Waals surface area contributed by atoms with Gasteiger partial charge in [0.2, 0.25) is 17.7 Å². The van der Waals surface area contributed by atoms with Gasteiger partial charge in [-0.15, -0.1) is 0 Å². The Hall–Kier alpha value is -4.70. The van der Waals surface area contributed by atoms with Gasteiger partial charge in [0, 0.05) is 36.5 Å². The predicted octanol–water partition coefficient (Wildman–Crippen LogP) is -2.12. The molecule has 5 atom stereocenters. The molecule has 13 N–H and O–H groups in total. The fraction of sp³-hybridized carbons (Fsp3) is 0.462. The number of para-hydroxylation sites is 1. The number of aliphatic imine (C=N–C) groups is 1. The average Bonchev–Trinajstić information content (AvgIpc) is 3.33. The number of rotatable bonds is 17. The summed E-state index contributed by atoms with van der Waals surface area (Å²) in [5.74, 6) is -5.25. The number of carboxylic acid groups (broad SMARTS) is 2. The molecule has 0 spiro atoms. The van der Waals surface area contributed by atoms with E-state index in [9.17, 15) is 34.2 Å². The number of hydrogen-bond donors (Lipinski definition) is 10. The Bertz CT molecular complexity index is 1290. The monoisotopic (exact) mass is 590 g/mol. The third-order valence-electron chi connectivity index (χ3n) is 6.36. The van der Waals surface area contributed by atoms with Crippen LogP contribution in [-0.2, 0) is 30.4 Å². The Morgan fingerprint density at radius 2 is 1.60 bits per heavy atom. The second kappa shape index (κ2) is 15.9. The highest BCUT2D eigenvalue weighted by Gasteiger charge is 2.32. The Labute approximate surface area is 241 Å². The molecular formula is C26H38N8O8. The van der Waals surface area contributed by atoms with E-state index in [2.05, 4.69) is 25.9 Å². The Morgan fingerprint density at radius 1 is 0.952 bits per heavy atom. The molecular weight excluding hydrogens is 552 g/mol. The molecule has 0 aliphatic rings. The molecule has 16 nitrogen and oxygen atoms in total. The van der Waals surface area contributed by atoms with E-state index >= 15 is 0 Å². The lowest BCUT2D eigenvalue weighted by Gasteiger charge is -2.26. The van der Waals surface area contributed by atoms with Crippen LogP contribution in [0.1, 0.15) is 38.2 Å². The van der Waals surface area contributed by atoms with Crippen molar-refractivity contribution in [3.05, 3.63) is 36.0 Å². The summed E-state index contributed by atoms with van der Waals surface area (Å²) in [6.45, 7) is 1.32. The normalized spacial score (nSPS) is 14.5. The van der Waals surface area contributed by atoms with Gasteiger partial charge in [0.1, 0.15) is 12.1 Å². The molecule has 16 heteroatoms. The molecule has 1 heterocycles. The number of nitrogens with zero attached hydrogens (tertiary/aromatic N) is 1. The van der Waals surface area contributed by atoms with Gasteiger partial charge in [0.15, 0.2) is 12.0 Å². The number of aromatic amines is 1. The minimum absolute atomic E-state index is 0.0207. The van der Waals surface area contributed by atoms with E-state index in [1.165, 1.54) is 6.92 Å². The number of amides is 3. The molecule has 0 saturated heterocycles. The highest BCUT2D eigenvalue weighted by atomic mass is 16.4. The highest BCUT2D eigenvalue weighted by Crippen LogP contribution is 2.19. The van der Waals surface area contributed by atoms with E-state index in [4.69, 9.17) is 22.3 Å². The quantitative estimate of drug-likeness (QED) is 0.0539. The summed E-state index contributed by atoms with van der Waals surface area (Å²) in [6, 6.07) is 1.80. The number of aromatic nitrogens is 1. The number of fused-ring (bicyclic) bond motifs is 1. The van der Waals surface area contributed by atoms with E-state index in [0.717, 1.165) is 10.9 Å². The molecule has 0 aliphatic heterocycles. The second-order valence-corrected chi connectivity index (χ2v) is 9.74. The lowest BCUT2D eigenvalue weighted by molar-refractivity contribution is -0.145. The average molecular weight is 591 g/mol. The molecule has 1 aromatic carbocycles. The van der Waals surface area contributed by atoms with Crippen LogP contribution in [0.4, 0.5) is 0 Å². The molecule has 42 heavy (non-hydrogen) atoms. The van der Waals surface area contributed by atoms with E-state index in [1.54, 1.807) is 18.3 Å². The first kappa shape index (κ1) is 33.5. The van der Waals surface area contributed by atoms with Crippen molar-refractivity contribution in [2.24, 2.45) is 22.2 Å². The number of carbonyl (C=O) groups is 5. The number of hydrogen-bond acceptors (Lipinski definition) is 8. The molecule has 0 bridgehead atoms. The summed E-state index contributed by atoms with van der Waals surface area (Å²) in [5, 5.41) is 36.3. The summed E-state index contributed by atoms with van der Waals surface area (Å²) in [5.41, 5.74) is 17.9. The zero-order valence-electron chi connectivity index (χ0n) is 23.1. The van der Waals surface area contributed by atoms with E-state index in [0.29, 0.717) is 5.56 Å². The zero-order valence-corrected chi connectivity index (χ0v) is 23.1. The first-order chi connectivity index (χ1) is 19.8. The summed E-state index contributed by atoms with van der Waals surface area (Å²) < 4.78 is 0. The summed E-state index contributed by atoms with van der Waals surface area (Å²) in [7, 11) is 0. The van der Waals surface area contributed by atoms with E-state index in [1.807, 2.05) is 12.1 Å². The molecule has 0 fully saturated rings. The first-order valence-electron chi connectivity index (χ1n) is 13.2. The predicted molar refractivity (Wildman–Crippen MR) is 152 cm³/mol. The number of nitrogens with two attached hydrogens (primary N) is 3.